The number of nitrogens with two attached hydrogens (primary N) is 1. The average molecular weight is 302 g/mol. The molecule has 0 spiro atoms. The van der Waals surface area contributed by atoms with Crippen LogP contribution in [-0.4, -0.2) is 28.4 Å². The number of aromatic nitrogens is 1. The van der Waals surface area contributed by atoms with Gasteiger partial charge < -0.3 is 10.6 Å². The maximum absolute atomic E-state index is 12.7. The van der Waals surface area contributed by atoms with Crippen LogP contribution in [0.3, 0.4) is 0 Å². The number of anilines is 1. The number of carbonyl (C=O) groups is 1. The fourth-order valence-electron chi connectivity index (χ4n) is 2.26. The molecule has 0 fully saturated rings. The molecule has 21 heavy (non-hydrogen) atoms. The molecule has 2 rings (SSSR count). The molecule has 0 bridgehead atoms. The van der Waals surface area contributed by atoms with Gasteiger partial charge in [-0.3, -0.25) is 4.79 Å². The lowest BCUT2D eigenvalue weighted by Gasteiger charge is -2.25. The number of rotatable bonds is 4. The van der Waals surface area contributed by atoms with E-state index in [-0.39, 0.29) is 11.9 Å². The topological polar surface area (TPSA) is 83.0 Å². The number of thiophene rings is 1. The SMILES string of the molecule is Cc1ccnc2sc(C(=O)N(CCC#N)C(C)C)c(N)c12. The van der Waals surface area contributed by atoms with Gasteiger partial charge in [0.1, 0.15) is 9.71 Å². The van der Waals surface area contributed by atoms with E-state index in [2.05, 4.69) is 11.1 Å². The monoisotopic (exact) mass is 302 g/mol. The van der Waals surface area contributed by atoms with Gasteiger partial charge in [-0.2, -0.15) is 5.26 Å². The molecule has 0 radical (unpaired) electrons. The minimum atomic E-state index is -0.125. The number of aryl methyl sites for hydroxylation is 1. The highest BCUT2D eigenvalue weighted by atomic mass is 32.1. The number of pyridine rings is 1. The summed E-state index contributed by atoms with van der Waals surface area (Å²) in [5.74, 6) is -0.125. The van der Waals surface area contributed by atoms with E-state index in [0.717, 1.165) is 15.8 Å². The number of hydrogen-bond acceptors (Lipinski definition) is 5. The molecule has 6 heteroatoms. The zero-order chi connectivity index (χ0) is 15.6. The molecule has 1 amide bonds. The number of carbonyl (C=O) groups excluding carboxylic acids is 1. The highest BCUT2D eigenvalue weighted by molar-refractivity contribution is 7.21. The molecule has 110 valence electrons. The van der Waals surface area contributed by atoms with Crippen LogP contribution in [0.5, 0.6) is 0 Å². The number of nitriles is 1. The summed E-state index contributed by atoms with van der Waals surface area (Å²) in [6, 6.07) is 3.98. The van der Waals surface area contributed by atoms with Crippen molar-refractivity contribution in [3.63, 3.8) is 0 Å². The Balaban J connectivity index is 2.45. The molecule has 0 aliphatic heterocycles. The Labute approximate surface area is 128 Å². The Kier molecular flexibility index (Phi) is 4.43. The zero-order valence-electron chi connectivity index (χ0n) is 12.4. The lowest BCUT2D eigenvalue weighted by Crippen LogP contribution is -2.37. The highest BCUT2D eigenvalue weighted by Gasteiger charge is 2.24. The third-order valence-corrected chi connectivity index (χ3v) is 4.48. The van der Waals surface area contributed by atoms with Gasteiger partial charge in [-0.1, -0.05) is 0 Å². The molecule has 0 unspecified atom stereocenters. The first-order chi connectivity index (χ1) is 9.97. The second kappa shape index (κ2) is 6.10. The van der Waals surface area contributed by atoms with Gasteiger partial charge in [0.15, 0.2) is 0 Å². The summed E-state index contributed by atoms with van der Waals surface area (Å²) in [4.78, 5) is 20.0. The Bertz CT molecular complexity index is 714. The first kappa shape index (κ1) is 15.3. The van der Waals surface area contributed by atoms with E-state index < -0.39 is 0 Å². The molecule has 0 aliphatic carbocycles. The first-order valence-electron chi connectivity index (χ1n) is 6.78. The third-order valence-electron chi connectivity index (χ3n) is 3.38. The summed E-state index contributed by atoms with van der Waals surface area (Å²) in [7, 11) is 0. The number of hydrogen-bond donors (Lipinski definition) is 1. The van der Waals surface area contributed by atoms with Crippen LogP contribution in [0.4, 0.5) is 5.69 Å². The molecule has 0 atom stereocenters. The fourth-order valence-corrected chi connectivity index (χ4v) is 3.35. The van der Waals surface area contributed by atoms with Crippen LogP contribution in [0.25, 0.3) is 10.2 Å². The Morgan fingerprint density at radius 1 is 1.57 bits per heavy atom. The number of amides is 1. The van der Waals surface area contributed by atoms with Crippen LogP contribution in [-0.2, 0) is 0 Å². The lowest BCUT2D eigenvalue weighted by atomic mass is 10.1. The first-order valence-corrected chi connectivity index (χ1v) is 7.60. The molecule has 2 aromatic heterocycles. The van der Waals surface area contributed by atoms with Crippen LogP contribution in [0.2, 0.25) is 0 Å². The highest BCUT2D eigenvalue weighted by Crippen LogP contribution is 2.35. The molecule has 0 aliphatic rings. The number of fused-ring (bicyclic) bond motifs is 1. The summed E-state index contributed by atoms with van der Waals surface area (Å²) in [6.45, 7) is 6.23. The summed E-state index contributed by atoms with van der Waals surface area (Å²) in [5, 5.41) is 9.59. The summed E-state index contributed by atoms with van der Waals surface area (Å²) in [6.07, 6.45) is 2.03. The zero-order valence-corrected chi connectivity index (χ0v) is 13.2. The normalized spacial score (nSPS) is 10.8. The summed E-state index contributed by atoms with van der Waals surface area (Å²) in [5.41, 5.74) is 7.67. The summed E-state index contributed by atoms with van der Waals surface area (Å²) < 4.78 is 0. The standard InChI is InChI=1S/C15H18N4OS/c1-9(2)19(8-4-6-16)15(20)13-12(17)11-10(3)5-7-18-14(11)21-13/h5,7,9H,4,8,17H2,1-3H3. The smallest absolute Gasteiger partial charge is 0.266 e. The maximum atomic E-state index is 12.7. The fraction of sp³-hybridized carbons (Fsp3) is 0.400. The predicted molar refractivity (Wildman–Crippen MR) is 85.2 cm³/mol. The van der Waals surface area contributed by atoms with Gasteiger partial charge in [0, 0.05) is 24.2 Å². The molecule has 5 nitrogen and oxygen atoms in total. The van der Waals surface area contributed by atoms with E-state index in [4.69, 9.17) is 11.0 Å². The average Bonchev–Trinajstić information content (AvgIpc) is 2.77. The van der Waals surface area contributed by atoms with Gasteiger partial charge in [-0.25, -0.2) is 4.98 Å². The van der Waals surface area contributed by atoms with E-state index in [9.17, 15) is 4.79 Å². The van der Waals surface area contributed by atoms with Crippen molar-refractivity contribution in [2.45, 2.75) is 33.2 Å². The van der Waals surface area contributed by atoms with E-state index in [0.29, 0.717) is 23.5 Å². The molecule has 2 heterocycles. The predicted octanol–water partition coefficient (Wildman–Crippen LogP) is 2.95. The molecular formula is C15H18N4OS. The van der Waals surface area contributed by atoms with Crippen molar-refractivity contribution in [1.29, 1.82) is 5.26 Å². The second-order valence-electron chi connectivity index (χ2n) is 5.15. The molecule has 0 saturated heterocycles. The van der Waals surface area contributed by atoms with Crippen molar-refractivity contribution in [3.05, 3.63) is 22.7 Å². The van der Waals surface area contributed by atoms with Gasteiger partial charge in [-0.15, -0.1) is 11.3 Å². The van der Waals surface area contributed by atoms with Gasteiger partial charge in [0.05, 0.1) is 18.2 Å². The summed E-state index contributed by atoms with van der Waals surface area (Å²) >= 11 is 1.32. The van der Waals surface area contributed by atoms with E-state index >= 15 is 0 Å². The largest absolute Gasteiger partial charge is 0.397 e. The molecule has 0 saturated carbocycles. The van der Waals surface area contributed by atoms with Gasteiger partial charge in [0.2, 0.25) is 0 Å². The Hall–Kier alpha value is -2.13. The minimum Gasteiger partial charge on any atom is -0.397 e. The Morgan fingerprint density at radius 2 is 2.29 bits per heavy atom. The molecular weight excluding hydrogens is 284 g/mol. The van der Waals surface area contributed by atoms with Crippen molar-refractivity contribution >= 4 is 33.1 Å². The second-order valence-corrected chi connectivity index (χ2v) is 6.15. The number of nitrogen functional groups attached to an aromatic ring is 1. The van der Waals surface area contributed by atoms with Crippen molar-refractivity contribution in [1.82, 2.24) is 9.88 Å². The lowest BCUT2D eigenvalue weighted by molar-refractivity contribution is 0.0716. The minimum absolute atomic E-state index is 0.0181. The van der Waals surface area contributed by atoms with Crippen molar-refractivity contribution < 1.29 is 4.79 Å². The van der Waals surface area contributed by atoms with E-state index in [1.165, 1.54) is 11.3 Å². The quantitative estimate of drug-likeness (QED) is 0.941. The van der Waals surface area contributed by atoms with Crippen LogP contribution in [0.15, 0.2) is 12.3 Å². The third kappa shape index (κ3) is 2.83. The van der Waals surface area contributed by atoms with Crippen molar-refractivity contribution in [3.8, 4) is 6.07 Å². The molecule has 0 aromatic carbocycles. The van der Waals surface area contributed by atoms with Gasteiger partial charge in [-0.05, 0) is 32.4 Å². The molecule has 2 aromatic rings. The Morgan fingerprint density at radius 3 is 2.86 bits per heavy atom. The maximum Gasteiger partial charge on any atom is 0.266 e. The van der Waals surface area contributed by atoms with Gasteiger partial charge in [0.25, 0.3) is 5.91 Å². The van der Waals surface area contributed by atoms with Crippen molar-refractivity contribution in [2.24, 2.45) is 0 Å². The van der Waals surface area contributed by atoms with Crippen molar-refractivity contribution in [2.75, 3.05) is 12.3 Å². The van der Waals surface area contributed by atoms with Crippen LogP contribution in [0.1, 0.15) is 35.5 Å². The van der Waals surface area contributed by atoms with E-state index in [1.807, 2.05) is 26.8 Å². The van der Waals surface area contributed by atoms with E-state index in [1.54, 1.807) is 11.1 Å². The van der Waals surface area contributed by atoms with Crippen LogP contribution in [0, 0.1) is 18.3 Å². The molecule has 2 N–H and O–H groups in total. The van der Waals surface area contributed by atoms with Gasteiger partial charge >= 0.3 is 0 Å². The van der Waals surface area contributed by atoms with Crippen LogP contribution >= 0.6 is 11.3 Å². The van der Waals surface area contributed by atoms with Crippen LogP contribution < -0.4 is 5.73 Å². The number of nitrogens with zero attached hydrogens (tertiary/aromatic N) is 3.